The molecular weight excluding hydrogens is 554 g/mol. The van der Waals surface area contributed by atoms with Gasteiger partial charge in [0.15, 0.2) is 0 Å². The Kier molecular flexibility index (Phi) is 7.01. The van der Waals surface area contributed by atoms with Gasteiger partial charge in [0, 0.05) is 33.8 Å². The number of fused-ring (bicyclic) bond motifs is 2. The fourth-order valence-corrected chi connectivity index (χ4v) is 5.89. The Morgan fingerprint density at radius 1 is 0.744 bits per heavy atom. The number of aromatic nitrogens is 6. The lowest BCUT2D eigenvalue weighted by Gasteiger charge is -2.08. The zero-order valence-corrected chi connectivity index (χ0v) is 23.1. The Balaban J connectivity index is 0.000000151. The van der Waals surface area contributed by atoms with Crippen molar-refractivity contribution >= 4 is 60.5 Å². The molecule has 194 valence electrons. The van der Waals surface area contributed by atoms with Crippen molar-refractivity contribution in [2.45, 2.75) is 20.4 Å². The number of aryl methyl sites for hydroxylation is 2. The summed E-state index contributed by atoms with van der Waals surface area (Å²) in [5.74, 6) is 2.93. The fourth-order valence-electron chi connectivity index (χ4n) is 3.85. The number of thiophene rings is 2. The van der Waals surface area contributed by atoms with Crippen LogP contribution in [0.5, 0.6) is 0 Å². The third-order valence-corrected chi connectivity index (χ3v) is 7.78. The Hall–Kier alpha value is -4.19. The van der Waals surface area contributed by atoms with Crippen LogP contribution in [0.15, 0.2) is 76.0 Å². The first kappa shape index (κ1) is 25.1. The van der Waals surface area contributed by atoms with Gasteiger partial charge in [-0.15, -0.1) is 22.7 Å². The summed E-state index contributed by atoms with van der Waals surface area (Å²) in [5, 5.41) is 13.1. The summed E-state index contributed by atoms with van der Waals surface area (Å²) in [6, 6.07) is 17.8. The Morgan fingerprint density at radius 3 is 1.95 bits per heavy atom. The van der Waals surface area contributed by atoms with Gasteiger partial charge in [0.05, 0.1) is 17.8 Å². The van der Waals surface area contributed by atoms with Crippen LogP contribution in [0, 0.1) is 13.8 Å². The third-order valence-electron chi connectivity index (χ3n) is 5.60. The minimum absolute atomic E-state index is 0.445. The number of benzene rings is 1. The maximum absolute atomic E-state index is 6.09. The highest BCUT2D eigenvalue weighted by Crippen LogP contribution is 2.32. The third kappa shape index (κ3) is 5.51. The average Bonchev–Trinajstić information content (AvgIpc) is 3.75. The minimum atomic E-state index is 0.445. The van der Waals surface area contributed by atoms with E-state index in [1.54, 1.807) is 47.2 Å². The Labute approximate surface area is 235 Å². The summed E-state index contributed by atoms with van der Waals surface area (Å²) in [7, 11) is 0. The van der Waals surface area contributed by atoms with Gasteiger partial charge in [-0.1, -0.05) is 52.2 Å². The number of halogens is 1. The van der Waals surface area contributed by atoms with Gasteiger partial charge in [0.25, 0.3) is 0 Å². The van der Waals surface area contributed by atoms with E-state index in [0.717, 1.165) is 31.1 Å². The van der Waals surface area contributed by atoms with Crippen LogP contribution in [0.25, 0.3) is 43.6 Å². The van der Waals surface area contributed by atoms with Crippen LogP contribution in [0.4, 0.5) is 5.82 Å². The van der Waals surface area contributed by atoms with Gasteiger partial charge in [-0.3, -0.25) is 0 Å². The van der Waals surface area contributed by atoms with Crippen molar-refractivity contribution in [2.75, 3.05) is 5.32 Å². The molecule has 0 atom stereocenters. The van der Waals surface area contributed by atoms with E-state index in [1.165, 1.54) is 10.4 Å². The van der Waals surface area contributed by atoms with Crippen LogP contribution in [-0.2, 0) is 6.54 Å². The molecule has 0 aliphatic rings. The molecule has 0 saturated carbocycles. The van der Waals surface area contributed by atoms with Crippen molar-refractivity contribution in [3.05, 3.63) is 87.5 Å². The smallest absolute Gasteiger partial charge is 0.204 e. The van der Waals surface area contributed by atoms with Gasteiger partial charge in [-0.25, -0.2) is 19.9 Å². The van der Waals surface area contributed by atoms with E-state index in [0.29, 0.717) is 34.9 Å². The predicted molar refractivity (Wildman–Crippen MR) is 154 cm³/mol. The van der Waals surface area contributed by atoms with Gasteiger partial charge in [0.2, 0.25) is 23.2 Å². The largest absolute Gasteiger partial charge is 0.365 e. The molecule has 39 heavy (non-hydrogen) atoms. The molecule has 0 spiro atoms. The van der Waals surface area contributed by atoms with E-state index in [4.69, 9.17) is 20.6 Å². The molecule has 6 heterocycles. The molecule has 0 unspecified atom stereocenters. The molecule has 0 bridgehead atoms. The molecule has 1 N–H and O–H groups in total. The van der Waals surface area contributed by atoms with E-state index < -0.39 is 0 Å². The van der Waals surface area contributed by atoms with E-state index in [9.17, 15) is 0 Å². The number of hydrogen-bond donors (Lipinski definition) is 1. The maximum atomic E-state index is 6.09. The van der Waals surface area contributed by atoms with Crippen LogP contribution in [0.3, 0.4) is 0 Å². The van der Waals surface area contributed by atoms with Crippen molar-refractivity contribution in [2.24, 2.45) is 0 Å². The molecule has 6 aromatic heterocycles. The number of rotatable bonds is 5. The molecule has 1 aromatic carbocycles. The summed E-state index contributed by atoms with van der Waals surface area (Å²) in [5.41, 5.74) is 1.20. The first-order valence-corrected chi connectivity index (χ1v) is 13.9. The fraction of sp³-hybridized carbons (Fsp3) is 0.111. The summed E-state index contributed by atoms with van der Waals surface area (Å²) >= 11 is 9.31. The van der Waals surface area contributed by atoms with Gasteiger partial charge in [-0.2, -0.15) is 0 Å². The maximum Gasteiger partial charge on any atom is 0.204 e. The van der Waals surface area contributed by atoms with Gasteiger partial charge >= 0.3 is 0 Å². The van der Waals surface area contributed by atoms with E-state index in [2.05, 4.69) is 60.7 Å². The van der Waals surface area contributed by atoms with Crippen molar-refractivity contribution in [3.8, 4) is 23.2 Å². The van der Waals surface area contributed by atoms with Crippen LogP contribution >= 0.6 is 34.3 Å². The summed E-state index contributed by atoms with van der Waals surface area (Å²) in [4.78, 5) is 21.9. The lowest BCUT2D eigenvalue weighted by molar-refractivity contribution is 0.429. The number of nitrogens with zero attached hydrogens (tertiary/aromatic N) is 6. The van der Waals surface area contributed by atoms with Crippen LogP contribution in [0.1, 0.15) is 15.3 Å². The highest BCUT2D eigenvalue weighted by atomic mass is 35.5. The average molecular weight is 574 g/mol. The minimum Gasteiger partial charge on any atom is -0.365 e. The lowest BCUT2D eigenvalue weighted by Crippen LogP contribution is -2.03. The van der Waals surface area contributed by atoms with E-state index >= 15 is 0 Å². The first-order chi connectivity index (χ1) is 19.0. The summed E-state index contributed by atoms with van der Waals surface area (Å²) in [6.07, 6.45) is 3.15. The van der Waals surface area contributed by atoms with Crippen molar-refractivity contribution < 1.29 is 9.05 Å². The molecule has 9 nitrogen and oxygen atoms in total. The van der Waals surface area contributed by atoms with Crippen molar-refractivity contribution in [1.82, 2.24) is 30.2 Å². The van der Waals surface area contributed by atoms with Crippen LogP contribution in [0.2, 0.25) is 5.15 Å². The normalized spacial score (nSPS) is 11.1. The molecular formula is C27H20ClN7O2S2. The molecule has 0 aliphatic heterocycles. The van der Waals surface area contributed by atoms with Gasteiger partial charge in [0.1, 0.15) is 20.6 Å². The number of hydrogen-bond acceptors (Lipinski definition) is 11. The Bertz CT molecular complexity index is 1850. The van der Waals surface area contributed by atoms with Gasteiger partial charge in [-0.05, 0) is 31.5 Å². The standard InChI is InChI=1S/C17H14N4OS.C10H6ClN3OS/c1-11-9-13-15(18-10-12-5-3-2-4-6-12)20-16(21-17(13)23-11)14-7-8-19-22-14;1-5-4-6-8(11)13-9(14-10(6)16-5)7-2-3-12-15-7/h2-9H,10H2,1H3,(H,18,20,21);2-4H,1H3. The molecule has 0 radical (unpaired) electrons. The summed E-state index contributed by atoms with van der Waals surface area (Å²) < 4.78 is 10.2. The molecule has 12 heteroatoms. The summed E-state index contributed by atoms with van der Waals surface area (Å²) in [6.45, 7) is 4.79. The van der Waals surface area contributed by atoms with E-state index in [1.807, 2.05) is 31.2 Å². The molecule has 0 fully saturated rings. The molecule has 7 rings (SSSR count). The second-order valence-electron chi connectivity index (χ2n) is 8.48. The highest BCUT2D eigenvalue weighted by molar-refractivity contribution is 7.19. The van der Waals surface area contributed by atoms with Gasteiger partial charge < -0.3 is 14.4 Å². The lowest BCUT2D eigenvalue weighted by atomic mass is 10.2. The SMILES string of the molecule is Cc1cc2c(Cl)nc(-c3ccno3)nc2s1.Cc1cc2c(NCc3ccccc3)nc(-c3ccno3)nc2s1. The van der Waals surface area contributed by atoms with E-state index in [-0.39, 0.29) is 0 Å². The molecule has 0 saturated heterocycles. The zero-order valence-electron chi connectivity index (χ0n) is 20.8. The first-order valence-electron chi connectivity index (χ1n) is 11.9. The molecule has 7 aromatic rings. The highest BCUT2D eigenvalue weighted by Gasteiger charge is 2.14. The molecule has 0 amide bonds. The quantitative estimate of drug-likeness (QED) is 0.208. The number of anilines is 1. The predicted octanol–water partition coefficient (Wildman–Crippen LogP) is 7.57. The Morgan fingerprint density at radius 2 is 1.33 bits per heavy atom. The zero-order chi connectivity index (χ0) is 26.8. The van der Waals surface area contributed by atoms with Crippen molar-refractivity contribution in [1.29, 1.82) is 0 Å². The monoisotopic (exact) mass is 573 g/mol. The second-order valence-corrected chi connectivity index (χ2v) is 11.3. The second kappa shape index (κ2) is 10.9. The number of nitrogens with one attached hydrogen (secondary N) is 1. The topological polar surface area (TPSA) is 116 Å². The van der Waals surface area contributed by atoms with Crippen molar-refractivity contribution in [3.63, 3.8) is 0 Å². The van der Waals surface area contributed by atoms with Crippen LogP contribution < -0.4 is 5.32 Å². The van der Waals surface area contributed by atoms with Crippen LogP contribution in [-0.4, -0.2) is 30.2 Å². The molecule has 0 aliphatic carbocycles.